The fraction of sp³-hybridized carbons (Fsp3) is 0.217. The van der Waals surface area contributed by atoms with Crippen LogP contribution >= 0.6 is 0 Å². The number of rotatable bonds is 5. The molecular formula is C23H26O3. The van der Waals surface area contributed by atoms with Crippen molar-refractivity contribution in [1.82, 2.24) is 0 Å². The van der Waals surface area contributed by atoms with Crippen LogP contribution in [0.3, 0.4) is 0 Å². The van der Waals surface area contributed by atoms with E-state index in [9.17, 15) is 0 Å². The van der Waals surface area contributed by atoms with E-state index in [0.29, 0.717) is 19.0 Å². The minimum Gasteiger partial charge on any atom is -0.508 e. The molecule has 0 bridgehead atoms. The maximum Gasteiger partial charge on any atom is 0.122 e. The summed E-state index contributed by atoms with van der Waals surface area (Å²) in [6, 6.07) is 23.1. The Morgan fingerprint density at radius 3 is 1.15 bits per heavy atom. The summed E-state index contributed by atoms with van der Waals surface area (Å²) in [6.07, 6.45) is 0. The molecule has 3 rings (SSSR count). The lowest BCUT2D eigenvalue weighted by Crippen LogP contribution is -2.08. The number of aryl methyl sites for hydroxylation is 3. The molecule has 0 saturated carbocycles. The number of aromatic hydroxyl groups is 1. The van der Waals surface area contributed by atoms with E-state index in [4.69, 9.17) is 14.6 Å². The number of phenolic OH excluding ortho intramolecular Hbond substituents is 1. The summed E-state index contributed by atoms with van der Waals surface area (Å²) in [5, 5.41) is 8.76. The van der Waals surface area contributed by atoms with E-state index in [-0.39, 0.29) is 0 Å². The van der Waals surface area contributed by atoms with Gasteiger partial charge in [-0.1, -0.05) is 53.1 Å². The summed E-state index contributed by atoms with van der Waals surface area (Å²) in [5.41, 5.74) is 3.64. The van der Waals surface area contributed by atoms with Gasteiger partial charge in [0.25, 0.3) is 0 Å². The lowest BCUT2D eigenvalue weighted by atomic mass is 10.2. The Hall–Kier alpha value is -2.94. The Kier molecular flexibility index (Phi) is 7.56. The number of ether oxygens (including phenoxy) is 2. The molecular weight excluding hydrogens is 324 g/mol. The number of phenols is 1. The largest absolute Gasteiger partial charge is 0.508 e. The minimum atomic E-state index is 0.329. The summed E-state index contributed by atoms with van der Waals surface area (Å²) in [7, 11) is 0. The van der Waals surface area contributed by atoms with Crippen LogP contribution in [0.1, 0.15) is 16.7 Å². The molecule has 0 fully saturated rings. The third-order valence-corrected chi connectivity index (χ3v) is 3.70. The van der Waals surface area contributed by atoms with Crippen LogP contribution in [0, 0.1) is 20.8 Å². The van der Waals surface area contributed by atoms with E-state index >= 15 is 0 Å². The van der Waals surface area contributed by atoms with Gasteiger partial charge in [-0.15, -0.1) is 0 Å². The number of hydrogen-bond acceptors (Lipinski definition) is 3. The quantitative estimate of drug-likeness (QED) is 0.621. The topological polar surface area (TPSA) is 38.7 Å². The highest BCUT2D eigenvalue weighted by Gasteiger charge is 1.95. The summed E-state index contributed by atoms with van der Waals surface area (Å²) in [5.74, 6) is 2.09. The zero-order valence-electron chi connectivity index (χ0n) is 15.6. The highest BCUT2D eigenvalue weighted by molar-refractivity contribution is 5.27. The van der Waals surface area contributed by atoms with Crippen LogP contribution in [0.5, 0.6) is 17.2 Å². The van der Waals surface area contributed by atoms with Gasteiger partial charge in [0.05, 0.1) is 0 Å². The molecule has 3 aromatic carbocycles. The highest BCUT2D eigenvalue weighted by atomic mass is 16.5. The maximum absolute atomic E-state index is 8.76. The van der Waals surface area contributed by atoms with Crippen molar-refractivity contribution in [2.75, 3.05) is 13.2 Å². The second-order valence-electron chi connectivity index (χ2n) is 6.16. The Balaban J connectivity index is 0.000000254. The molecule has 0 heterocycles. The average molecular weight is 350 g/mol. The second kappa shape index (κ2) is 10.1. The predicted octanol–water partition coefficient (Wildman–Crippen LogP) is 5.46. The molecule has 0 aliphatic rings. The molecule has 0 radical (unpaired) electrons. The van der Waals surface area contributed by atoms with Crippen molar-refractivity contribution in [3.8, 4) is 17.2 Å². The molecule has 0 aliphatic heterocycles. The lowest BCUT2D eigenvalue weighted by molar-refractivity contribution is 0.217. The van der Waals surface area contributed by atoms with Gasteiger partial charge in [-0.25, -0.2) is 0 Å². The van der Waals surface area contributed by atoms with Gasteiger partial charge >= 0.3 is 0 Å². The lowest BCUT2D eigenvalue weighted by Gasteiger charge is -2.08. The van der Waals surface area contributed by atoms with E-state index in [0.717, 1.165) is 11.5 Å². The van der Waals surface area contributed by atoms with Gasteiger partial charge in [0.15, 0.2) is 0 Å². The molecule has 0 aliphatic carbocycles. The molecule has 0 saturated heterocycles. The molecule has 0 spiro atoms. The maximum atomic E-state index is 8.76. The Labute approximate surface area is 155 Å². The van der Waals surface area contributed by atoms with Crippen LogP contribution in [0.25, 0.3) is 0 Å². The van der Waals surface area contributed by atoms with Crippen LogP contribution in [0.2, 0.25) is 0 Å². The monoisotopic (exact) mass is 350 g/mol. The normalized spacial score (nSPS) is 9.81. The van der Waals surface area contributed by atoms with Gasteiger partial charge in [-0.05, 0) is 57.2 Å². The van der Waals surface area contributed by atoms with Crippen molar-refractivity contribution in [2.45, 2.75) is 20.8 Å². The van der Waals surface area contributed by atoms with Crippen molar-refractivity contribution in [3.63, 3.8) is 0 Å². The van der Waals surface area contributed by atoms with Crippen LogP contribution in [0.4, 0.5) is 0 Å². The van der Waals surface area contributed by atoms with Gasteiger partial charge in [0.2, 0.25) is 0 Å². The Morgan fingerprint density at radius 2 is 0.846 bits per heavy atom. The molecule has 3 heteroatoms. The summed E-state index contributed by atoms with van der Waals surface area (Å²) >= 11 is 0. The highest BCUT2D eigenvalue weighted by Crippen LogP contribution is 2.13. The zero-order chi connectivity index (χ0) is 18.8. The predicted molar refractivity (Wildman–Crippen MR) is 106 cm³/mol. The fourth-order valence-electron chi connectivity index (χ4n) is 2.13. The Bertz CT molecular complexity index is 692. The molecule has 3 nitrogen and oxygen atoms in total. The second-order valence-corrected chi connectivity index (χ2v) is 6.16. The van der Waals surface area contributed by atoms with E-state index in [1.165, 1.54) is 16.7 Å². The van der Waals surface area contributed by atoms with Gasteiger partial charge in [-0.3, -0.25) is 0 Å². The first-order valence-electron chi connectivity index (χ1n) is 8.67. The Morgan fingerprint density at radius 1 is 0.538 bits per heavy atom. The summed E-state index contributed by atoms with van der Waals surface area (Å²) < 4.78 is 11.2. The molecule has 0 atom stereocenters. The SMILES string of the molecule is Cc1ccc(O)cc1.Cc1ccc(OCCOc2ccc(C)cc2)cc1. The third kappa shape index (κ3) is 7.31. The van der Waals surface area contributed by atoms with Crippen molar-refractivity contribution in [2.24, 2.45) is 0 Å². The van der Waals surface area contributed by atoms with Crippen LogP contribution in [-0.4, -0.2) is 18.3 Å². The zero-order valence-corrected chi connectivity index (χ0v) is 15.6. The van der Waals surface area contributed by atoms with Gasteiger partial charge in [-0.2, -0.15) is 0 Å². The molecule has 0 aromatic heterocycles. The standard InChI is InChI=1S/C16H18O2.C7H8O/c1-13-3-7-15(8-4-13)17-11-12-18-16-9-5-14(2)6-10-16;1-6-2-4-7(8)5-3-6/h3-10H,11-12H2,1-2H3;2-5,8H,1H3. The first kappa shape index (κ1) is 19.4. The number of benzene rings is 3. The summed E-state index contributed by atoms with van der Waals surface area (Å²) in [4.78, 5) is 0. The minimum absolute atomic E-state index is 0.329. The van der Waals surface area contributed by atoms with Crippen molar-refractivity contribution in [3.05, 3.63) is 89.5 Å². The number of hydrogen-bond donors (Lipinski definition) is 1. The van der Waals surface area contributed by atoms with Crippen LogP contribution in [0.15, 0.2) is 72.8 Å². The molecule has 26 heavy (non-hydrogen) atoms. The molecule has 1 N–H and O–H groups in total. The third-order valence-electron chi connectivity index (χ3n) is 3.70. The van der Waals surface area contributed by atoms with Crippen LogP contribution in [-0.2, 0) is 0 Å². The van der Waals surface area contributed by atoms with Crippen molar-refractivity contribution < 1.29 is 14.6 Å². The summed E-state index contributed by atoms with van der Waals surface area (Å²) in [6.45, 7) is 7.21. The molecule has 0 amide bonds. The van der Waals surface area contributed by atoms with Gasteiger partial charge < -0.3 is 14.6 Å². The average Bonchev–Trinajstić information content (AvgIpc) is 2.65. The molecule has 136 valence electrons. The molecule has 0 unspecified atom stereocenters. The molecule has 3 aromatic rings. The first-order chi connectivity index (χ1) is 12.5. The first-order valence-corrected chi connectivity index (χ1v) is 8.67. The van der Waals surface area contributed by atoms with E-state index in [1.807, 2.05) is 67.6 Å². The smallest absolute Gasteiger partial charge is 0.122 e. The van der Waals surface area contributed by atoms with Gasteiger partial charge in [0.1, 0.15) is 30.5 Å². The van der Waals surface area contributed by atoms with E-state index < -0.39 is 0 Å². The van der Waals surface area contributed by atoms with Gasteiger partial charge in [0, 0.05) is 0 Å². The van der Waals surface area contributed by atoms with E-state index in [2.05, 4.69) is 13.8 Å². The van der Waals surface area contributed by atoms with Crippen molar-refractivity contribution in [1.29, 1.82) is 0 Å². The van der Waals surface area contributed by atoms with Crippen LogP contribution < -0.4 is 9.47 Å². The fourth-order valence-corrected chi connectivity index (χ4v) is 2.13. The van der Waals surface area contributed by atoms with E-state index in [1.54, 1.807) is 12.1 Å². The van der Waals surface area contributed by atoms with Crippen molar-refractivity contribution >= 4 is 0 Å².